The van der Waals surface area contributed by atoms with Crippen LogP contribution in [-0.2, 0) is 11.6 Å². The van der Waals surface area contributed by atoms with Crippen LogP contribution >= 0.6 is 11.6 Å². The number of rotatable bonds is 1. The second-order valence-electron chi connectivity index (χ2n) is 3.70. The lowest BCUT2D eigenvalue weighted by atomic mass is 9.78. The molecule has 90 valence electrons. The van der Waals surface area contributed by atoms with Gasteiger partial charge < -0.3 is 5.32 Å². The van der Waals surface area contributed by atoms with Crippen molar-refractivity contribution in [1.82, 2.24) is 15.3 Å². The third-order valence-electron chi connectivity index (χ3n) is 2.59. The summed E-state index contributed by atoms with van der Waals surface area (Å²) in [6.07, 6.45) is -3.98. The van der Waals surface area contributed by atoms with Crippen LogP contribution in [0.25, 0.3) is 0 Å². The Morgan fingerprint density at radius 2 is 2.12 bits per heavy atom. The van der Waals surface area contributed by atoms with E-state index < -0.39 is 17.2 Å². The zero-order chi connectivity index (χ0) is 12.7. The zero-order valence-corrected chi connectivity index (χ0v) is 9.10. The average Bonchev–Trinajstić information content (AvgIpc) is 2.15. The van der Waals surface area contributed by atoms with Gasteiger partial charge in [0.1, 0.15) is 5.41 Å². The monoisotopic (exact) mass is 262 g/mol. The molecule has 1 fully saturated rings. The standard InChI is InChI=1S/C9H6ClF3N4/c10-7-16-1-5(9(11,12)13)6(17-7)8(2-14)3-15-4-8/h1,15H,3-4H2. The van der Waals surface area contributed by atoms with Crippen LogP contribution in [0.4, 0.5) is 13.2 Å². The van der Waals surface area contributed by atoms with Crippen LogP contribution < -0.4 is 5.32 Å². The van der Waals surface area contributed by atoms with Gasteiger partial charge in [0.25, 0.3) is 0 Å². The fourth-order valence-electron chi connectivity index (χ4n) is 1.61. The summed E-state index contributed by atoms with van der Waals surface area (Å²) >= 11 is 5.49. The quantitative estimate of drug-likeness (QED) is 0.780. The van der Waals surface area contributed by atoms with Crippen molar-refractivity contribution in [2.45, 2.75) is 11.6 Å². The van der Waals surface area contributed by atoms with Gasteiger partial charge in [-0.05, 0) is 11.6 Å². The minimum atomic E-state index is -4.60. The number of nitriles is 1. The smallest absolute Gasteiger partial charge is 0.313 e. The molecule has 0 unspecified atom stereocenters. The fourth-order valence-corrected chi connectivity index (χ4v) is 1.74. The second-order valence-corrected chi connectivity index (χ2v) is 4.03. The van der Waals surface area contributed by atoms with E-state index in [0.717, 1.165) is 0 Å². The molecular weight excluding hydrogens is 257 g/mol. The number of alkyl halides is 3. The Morgan fingerprint density at radius 3 is 2.53 bits per heavy atom. The molecule has 2 rings (SSSR count). The van der Waals surface area contributed by atoms with Gasteiger partial charge in [0.2, 0.25) is 5.28 Å². The fraction of sp³-hybridized carbons (Fsp3) is 0.444. The Hall–Kier alpha value is -1.39. The van der Waals surface area contributed by atoms with Crippen LogP contribution in [0.2, 0.25) is 5.28 Å². The SMILES string of the molecule is N#CC1(c2nc(Cl)ncc2C(F)(F)F)CNC1. The number of hydrogen-bond donors (Lipinski definition) is 1. The molecule has 0 aromatic carbocycles. The Morgan fingerprint density at radius 1 is 1.47 bits per heavy atom. The van der Waals surface area contributed by atoms with Crippen LogP contribution in [-0.4, -0.2) is 23.1 Å². The topological polar surface area (TPSA) is 61.6 Å². The molecule has 4 nitrogen and oxygen atoms in total. The molecule has 0 bridgehead atoms. The van der Waals surface area contributed by atoms with Crippen molar-refractivity contribution in [2.75, 3.05) is 13.1 Å². The third kappa shape index (κ3) is 1.94. The van der Waals surface area contributed by atoms with Crippen LogP contribution in [0.1, 0.15) is 11.3 Å². The molecule has 1 N–H and O–H groups in total. The van der Waals surface area contributed by atoms with E-state index in [4.69, 9.17) is 16.9 Å². The van der Waals surface area contributed by atoms with Crippen LogP contribution in [0.3, 0.4) is 0 Å². The second kappa shape index (κ2) is 3.82. The Kier molecular flexibility index (Phi) is 2.72. The number of hydrogen-bond acceptors (Lipinski definition) is 4. The van der Waals surface area contributed by atoms with Gasteiger partial charge in [0, 0.05) is 19.3 Å². The maximum Gasteiger partial charge on any atom is 0.419 e. The van der Waals surface area contributed by atoms with Crippen molar-refractivity contribution in [3.05, 3.63) is 22.7 Å². The lowest BCUT2D eigenvalue weighted by molar-refractivity contribution is -0.139. The molecular formula is C9H6ClF3N4. The van der Waals surface area contributed by atoms with Gasteiger partial charge >= 0.3 is 6.18 Å². The average molecular weight is 263 g/mol. The molecule has 2 heterocycles. The predicted molar refractivity (Wildman–Crippen MR) is 52.2 cm³/mol. The molecule has 1 aromatic rings. The van der Waals surface area contributed by atoms with E-state index in [1.807, 2.05) is 6.07 Å². The van der Waals surface area contributed by atoms with Crippen molar-refractivity contribution >= 4 is 11.6 Å². The van der Waals surface area contributed by atoms with E-state index >= 15 is 0 Å². The minimum Gasteiger partial charge on any atom is -0.313 e. The van der Waals surface area contributed by atoms with E-state index in [9.17, 15) is 13.2 Å². The molecule has 1 saturated heterocycles. The summed E-state index contributed by atoms with van der Waals surface area (Å²) in [5.41, 5.74) is -2.63. The summed E-state index contributed by atoms with van der Waals surface area (Å²) < 4.78 is 38.3. The predicted octanol–water partition coefficient (Wildman–Crippen LogP) is 1.51. The van der Waals surface area contributed by atoms with Gasteiger partial charge in [-0.1, -0.05) is 0 Å². The van der Waals surface area contributed by atoms with Crippen molar-refractivity contribution in [3.8, 4) is 6.07 Å². The number of nitrogens with one attached hydrogen (secondary N) is 1. The van der Waals surface area contributed by atoms with Gasteiger partial charge in [-0.3, -0.25) is 0 Å². The highest BCUT2D eigenvalue weighted by Crippen LogP contribution is 2.38. The first-order valence-corrected chi connectivity index (χ1v) is 4.99. The van der Waals surface area contributed by atoms with Crippen LogP contribution in [0, 0.1) is 11.3 Å². The highest BCUT2D eigenvalue weighted by Gasteiger charge is 2.47. The summed E-state index contributed by atoms with van der Waals surface area (Å²) in [6.45, 7) is 0.250. The Bertz CT molecular complexity index is 490. The lowest BCUT2D eigenvalue weighted by Gasteiger charge is -2.36. The number of halogens is 4. The highest BCUT2D eigenvalue weighted by molar-refractivity contribution is 6.28. The summed E-state index contributed by atoms with van der Waals surface area (Å²) in [5.74, 6) is 0. The lowest BCUT2D eigenvalue weighted by Crippen LogP contribution is -2.57. The van der Waals surface area contributed by atoms with E-state index in [2.05, 4.69) is 15.3 Å². The largest absolute Gasteiger partial charge is 0.419 e. The summed E-state index contributed by atoms with van der Waals surface area (Å²) in [5, 5.41) is 11.5. The molecule has 8 heteroatoms. The maximum absolute atomic E-state index is 12.8. The van der Waals surface area contributed by atoms with Gasteiger partial charge in [-0.15, -0.1) is 0 Å². The Labute approximate surface area is 99.4 Å². The summed E-state index contributed by atoms with van der Waals surface area (Å²) in [4.78, 5) is 6.89. The molecule has 1 aliphatic heterocycles. The minimum absolute atomic E-state index is 0.125. The summed E-state index contributed by atoms with van der Waals surface area (Å²) in [7, 11) is 0. The van der Waals surface area contributed by atoms with E-state index in [0.29, 0.717) is 6.20 Å². The number of nitrogens with zero attached hydrogens (tertiary/aromatic N) is 3. The van der Waals surface area contributed by atoms with Gasteiger partial charge in [-0.2, -0.15) is 18.4 Å². The zero-order valence-electron chi connectivity index (χ0n) is 8.35. The van der Waals surface area contributed by atoms with E-state index in [1.54, 1.807) is 0 Å². The first kappa shape index (κ1) is 12.1. The molecule has 0 radical (unpaired) electrons. The molecule has 17 heavy (non-hydrogen) atoms. The molecule has 0 aliphatic carbocycles. The number of aromatic nitrogens is 2. The van der Waals surface area contributed by atoms with Gasteiger partial charge in [0.15, 0.2) is 0 Å². The molecule has 0 saturated carbocycles. The van der Waals surface area contributed by atoms with Crippen molar-refractivity contribution < 1.29 is 13.2 Å². The van der Waals surface area contributed by atoms with Crippen LogP contribution in [0.5, 0.6) is 0 Å². The Balaban J connectivity index is 2.60. The molecule has 1 aliphatic rings. The van der Waals surface area contributed by atoms with Crippen molar-refractivity contribution in [3.63, 3.8) is 0 Å². The molecule has 0 spiro atoms. The van der Waals surface area contributed by atoms with E-state index in [1.165, 1.54) is 0 Å². The normalized spacial score (nSPS) is 18.3. The highest BCUT2D eigenvalue weighted by atomic mass is 35.5. The molecule has 0 atom stereocenters. The summed E-state index contributed by atoms with van der Waals surface area (Å²) in [6, 6.07) is 1.86. The first-order valence-electron chi connectivity index (χ1n) is 4.61. The third-order valence-corrected chi connectivity index (χ3v) is 2.77. The first-order chi connectivity index (χ1) is 7.89. The molecule has 0 amide bonds. The van der Waals surface area contributed by atoms with Gasteiger partial charge in [-0.25, -0.2) is 9.97 Å². The van der Waals surface area contributed by atoms with E-state index in [-0.39, 0.29) is 24.1 Å². The van der Waals surface area contributed by atoms with Gasteiger partial charge in [0.05, 0.1) is 17.3 Å². The maximum atomic E-state index is 12.8. The van der Waals surface area contributed by atoms with Crippen LogP contribution in [0.15, 0.2) is 6.20 Å². The van der Waals surface area contributed by atoms with Crippen molar-refractivity contribution in [2.24, 2.45) is 0 Å². The van der Waals surface area contributed by atoms with Crippen molar-refractivity contribution in [1.29, 1.82) is 5.26 Å². The molecule has 1 aromatic heterocycles.